The Morgan fingerprint density at radius 2 is 1.70 bits per heavy atom. The standard InChI is InChI=1S/C24H32N2O/c1-4-8-18-11-13-20(14-12-18)22(17(2)3)26-23(19-9-6-5-7-10-19)24(27)25-21-15-16-21/h5-7,9-14,17,21-23,26H,4,8,15-16H2,1-3H3,(H,25,27)/p+1/t22-,23+/m0/s1. The van der Waals surface area contributed by atoms with E-state index in [9.17, 15) is 4.79 Å². The van der Waals surface area contributed by atoms with Gasteiger partial charge in [-0.05, 0) is 24.8 Å². The highest BCUT2D eigenvalue weighted by molar-refractivity contribution is 5.82. The maximum absolute atomic E-state index is 13.0. The number of benzene rings is 2. The topological polar surface area (TPSA) is 45.7 Å². The van der Waals surface area contributed by atoms with E-state index < -0.39 is 0 Å². The minimum atomic E-state index is -0.213. The number of carbonyl (C=O) groups is 1. The SMILES string of the molecule is CCCc1ccc([C@@H]([NH2+][C@@H](C(=O)NC2CC2)c2ccccc2)C(C)C)cc1. The second kappa shape index (κ2) is 9.18. The average molecular weight is 366 g/mol. The van der Waals surface area contributed by atoms with Crippen molar-refractivity contribution in [2.24, 2.45) is 5.92 Å². The highest BCUT2D eigenvalue weighted by atomic mass is 16.2. The van der Waals surface area contributed by atoms with Crippen molar-refractivity contribution in [3.63, 3.8) is 0 Å². The summed E-state index contributed by atoms with van der Waals surface area (Å²) >= 11 is 0. The third-order valence-corrected chi connectivity index (χ3v) is 5.39. The van der Waals surface area contributed by atoms with Gasteiger partial charge in [-0.15, -0.1) is 0 Å². The Kier molecular flexibility index (Phi) is 6.68. The van der Waals surface area contributed by atoms with Gasteiger partial charge in [-0.2, -0.15) is 0 Å². The van der Waals surface area contributed by atoms with Gasteiger partial charge in [0.1, 0.15) is 6.04 Å². The molecule has 1 amide bonds. The van der Waals surface area contributed by atoms with E-state index in [4.69, 9.17) is 0 Å². The summed E-state index contributed by atoms with van der Waals surface area (Å²) < 4.78 is 0. The smallest absolute Gasteiger partial charge is 0.283 e. The molecular weight excluding hydrogens is 332 g/mol. The highest BCUT2D eigenvalue weighted by Crippen LogP contribution is 2.23. The van der Waals surface area contributed by atoms with Crippen LogP contribution in [0, 0.1) is 5.92 Å². The molecule has 144 valence electrons. The van der Waals surface area contributed by atoms with Crippen LogP contribution in [0.4, 0.5) is 0 Å². The number of nitrogens with one attached hydrogen (secondary N) is 1. The fourth-order valence-corrected chi connectivity index (χ4v) is 3.65. The molecule has 0 heterocycles. The second-order valence-electron chi connectivity index (χ2n) is 8.13. The molecule has 1 aliphatic rings. The molecule has 3 nitrogen and oxygen atoms in total. The fraction of sp³-hybridized carbons (Fsp3) is 0.458. The lowest BCUT2D eigenvalue weighted by Crippen LogP contribution is -2.89. The lowest BCUT2D eigenvalue weighted by molar-refractivity contribution is -0.728. The number of nitrogens with two attached hydrogens (primary N) is 1. The molecular formula is C24H33N2O+. The summed E-state index contributed by atoms with van der Waals surface area (Å²) in [6.07, 6.45) is 4.50. The Hall–Kier alpha value is -2.13. The van der Waals surface area contributed by atoms with Crippen LogP contribution >= 0.6 is 0 Å². The molecule has 2 aromatic carbocycles. The number of aryl methyl sites for hydroxylation is 1. The van der Waals surface area contributed by atoms with Crippen molar-refractivity contribution < 1.29 is 10.1 Å². The van der Waals surface area contributed by atoms with E-state index in [-0.39, 0.29) is 18.0 Å². The molecule has 0 radical (unpaired) electrons. The van der Waals surface area contributed by atoms with Crippen LogP contribution in [0.5, 0.6) is 0 Å². The van der Waals surface area contributed by atoms with Crippen molar-refractivity contribution >= 4 is 5.91 Å². The van der Waals surface area contributed by atoms with E-state index in [1.165, 1.54) is 11.1 Å². The molecule has 0 aromatic heterocycles. The lowest BCUT2D eigenvalue weighted by atomic mass is 9.92. The Morgan fingerprint density at radius 1 is 1.04 bits per heavy atom. The van der Waals surface area contributed by atoms with Crippen molar-refractivity contribution in [1.29, 1.82) is 0 Å². The fourth-order valence-electron chi connectivity index (χ4n) is 3.65. The quantitative estimate of drug-likeness (QED) is 0.695. The first-order valence-corrected chi connectivity index (χ1v) is 10.4. The predicted molar refractivity (Wildman–Crippen MR) is 110 cm³/mol. The van der Waals surface area contributed by atoms with Gasteiger partial charge in [0.25, 0.3) is 5.91 Å². The molecule has 3 heteroatoms. The zero-order valence-electron chi connectivity index (χ0n) is 16.8. The van der Waals surface area contributed by atoms with Crippen molar-refractivity contribution in [1.82, 2.24) is 5.32 Å². The molecule has 0 bridgehead atoms. The molecule has 1 fully saturated rings. The highest BCUT2D eigenvalue weighted by Gasteiger charge is 2.33. The third kappa shape index (κ3) is 5.43. The Bertz CT molecular complexity index is 720. The molecule has 1 aliphatic carbocycles. The zero-order chi connectivity index (χ0) is 19.2. The molecule has 27 heavy (non-hydrogen) atoms. The van der Waals surface area contributed by atoms with Crippen molar-refractivity contribution in [3.8, 4) is 0 Å². The molecule has 3 N–H and O–H groups in total. The van der Waals surface area contributed by atoms with Gasteiger partial charge in [0, 0.05) is 23.1 Å². The van der Waals surface area contributed by atoms with Crippen LogP contribution in [-0.4, -0.2) is 11.9 Å². The predicted octanol–water partition coefficient (Wildman–Crippen LogP) is 3.92. The van der Waals surface area contributed by atoms with Crippen LogP contribution in [-0.2, 0) is 11.2 Å². The molecule has 0 aliphatic heterocycles. The maximum atomic E-state index is 13.0. The van der Waals surface area contributed by atoms with Crippen LogP contribution < -0.4 is 10.6 Å². The van der Waals surface area contributed by atoms with E-state index in [1.807, 2.05) is 18.2 Å². The van der Waals surface area contributed by atoms with Crippen LogP contribution in [0.2, 0.25) is 0 Å². The molecule has 2 atom stereocenters. The first kappa shape index (κ1) is 19.6. The second-order valence-corrected chi connectivity index (χ2v) is 8.13. The van der Waals surface area contributed by atoms with Gasteiger partial charge in [0.05, 0.1) is 0 Å². The summed E-state index contributed by atoms with van der Waals surface area (Å²) in [5.74, 6) is 0.568. The summed E-state index contributed by atoms with van der Waals surface area (Å²) in [4.78, 5) is 13.0. The van der Waals surface area contributed by atoms with E-state index in [0.29, 0.717) is 12.0 Å². The summed E-state index contributed by atoms with van der Waals surface area (Å²) in [7, 11) is 0. The third-order valence-electron chi connectivity index (χ3n) is 5.39. The number of rotatable bonds is 9. The Balaban J connectivity index is 1.82. The van der Waals surface area contributed by atoms with Crippen molar-refractivity contribution in [2.45, 2.75) is 64.6 Å². The number of carbonyl (C=O) groups excluding carboxylic acids is 1. The largest absolute Gasteiger partial charge is 0.348 e. The van der Waals surface area contributed by atoms with E-state index >= 15 is 0 Å². The van der Waals surface area contributed by atoms with Gasteiger partial charge >= 0.3 is 0 Å². The van der Waals surface area contributed by atoms with E-state index in [2.05, 4.69) is 67.8 Å². The van der Waals surface area contributed by atoms with Gasteiger partial charge < -0.3 is 10.6 Å². The first-order chi connectivity index (χ1) is 13.1. The Morgan fingerprint density at radius 3 is 2.26 bits per heavy atom. The van der Waals surface area contributed by atoms with Gasteiger partial charge in [-0.3, -0.25) is 4.79 Å². The van der Waals surface area contributed by atoms with Crippen LogP contribution in [0.25, 0.3) is 0 Å². The number of quaternary nitrogens is 1. The lowest BCUT2D eigenvalue weighted by Gasteiger charge is -2.25. The van der Waals surface area contributed by atoms with E-state index in [1.54, 1.807) is 0 Å². The zero-order valence-corrected chi connectivity index (χ0v) is 16.8. The summed E-state index contributed by atoms with van der Waals surface area (Å²) in [6, 6.07) is 19.5. The molecule has 1 saturated carbocycles. The Labute approximate surface area is 163 Å². The first-order valence-electron chi connectivity index (χ1n) is 10.4. The molecule has 2 aromatic rings. The molecule has 0 saturated heterocycles. The minimum absolute atomic E-state index is 0.136. The van der Waals surface area contributed by atoms with Crippen LogP contribution in [0.15, 0.2) is 54.6 Å². The summed E-state index contributed by atoms with van der Waals surface area (Å²) in [5.41, 5.74) is 3.75. The van der Waals surface area contributed by atoms with Gasteiger partial charge in [0.2, 0.25) is 0 Å². The summed E-state index contributed by atoms with van der Waals surface area (Å²) in [5, 5.41) is 5.46. The van der Waals surface area contributed by atoms with Crippen LogP contribution in [0.3, 0.4) is 0 Å². The number of hydrogen-bond acceptors (Lipinski definition) is 1. The van der Waals surface area contributed by atoms with Crippen LogP contribution in [0.1, 0.15) is 68.8 Å². The number of amides is 1. The van der Waals surface area contributed by atoms with Gasteiger partial charge in [-0.1, -0.05) is 81.8 Å². The van der Waals surface area contributed by atoms with Crippen molar-refractivity contribution in [3.05, 3.63) is 71.3 Å². The summed E-state index contributed by atoms with van der Waals surface area (Å²) in [6.45, 7) is 6.69. The van der Waals surface area contributed by atoms with Gasteiger partial charge in [0.15, 0.2) is 6.04 Å². The average Bonchev–Trinajstić information content (AvgIpc) is 3.48. The minimum Gasteiger partial charge on any atom is -0.348 e. The number of hydrogen-bond donors (Lipinski definition) is 2. The monoisotopic (exact) mass is 365 g/mol. The van der Waals surface area contributed by atoms with Crippen molar-refractivity contribution in [2.75, 3.05) is 0 Å². The normalized spacial score (nSPS) is 16.1. The maximum Gasteiger partial charge on any atom is 0.283 e. The molecule has 3 rings (SSSR count). The molecule has 0 unspecified atom stereocenters. The molecule has 0 spiro atoms. The van der Waals surface area contributed by atoms with Gasteiger partial charge in [-0.25, -0.2) is 0 Å². The van der Waals surface area contributed by atoms with E-state index in [0.717, 1.165) is 31.2 Å².